The molecule has 88 valence electrons. The van der Waals surface area contributed by atoms with Crippen LogP contribution in [0, 0.1) is 13.8 Å². The topological polar surface area (TPSA) is 66.8 Å². The number of carboxylic acids is 1. The number of aliphatic hydroxyl groups excluding tert-OH is 1. The Balaban J connectivity index is 2.96. The molecule has 0 saturated heterocycles. The molecule has 16 heavy (non-hydrogen) atoms. The van der Waals surface area contributed by atoms with Crippen molar-refractivity contribution in [3.8, 4) is 0 Å². The smallest absolute Gasteiger partial charge is 0.337 e. The van der Waals surface area contributed by atoms with Crippen LogP contribution in [0.25, 0.3) is 0 Å². The monoisotopic (exact) mass is 224 g/mol. The maximum absolute atomic E-state index is 11.0. The summed E-state index contributed by atoms with van der Waals surface area (Å²) in [6.45, 7) is 3.64. The van der Waals surface area contributed by atoms with Crippen LogP contribution in [0.2, 0.25) is 0 Å². The van der Waals surface area contributed by atoms with E-state index in [1.165, 1.54) is 0 Å². The zero-order valence-electron chi connectivity index (χ0n) is 9.43. The van der Waals surface area contributed by atoms with Gasteiger partial charge in [0.1, 0.15) is 0 Å². The lowest BCUT2D eigenvalue weighted by atomic mass is 10.0. The van der Waals surface area contributed by atoms with E-state index in [9.17, 15) is 4.79 Å². The van der Waals surface area contributed by atoms with Crippen LogP contribution >= 0.6 is 0 Å². The van der Waals surface area contributed by atoms with Crippen LogP contribution in [-0.4, -0.2) is 29.4 Å². The molecule has 1 aromatic rings. The van der Waals surface area contributed by atoms with Crippen molar-refractivity contribution < 1.29 is 19.7 Å². The molecule has 0 bridgehead atoms. The second-order valence-corrected chi connectivity index (χ2v) is 3.73. The Hall–Kier alpha value is -1.39. The van der Waals surface area contributed by atoms with Crippen LogP contribution in [0.15, 0.2) is 18.2 Å². The largest absolute Gasteiger partial charge is 0.479 e. The van der Waals surface area contributed by atoms with Crippen molar-refractivity contribution in [1.29, 1.82) is 0 Å². The first-order chi connectivity index (χ1) is 7.54. The van der Waals surface area contributed by atoms with E-state index in [-0.39, 0.29) is 13.2 Å². The fourth-order valence-corrected chi connectivity index (χ4v) is 1.64. The van der Waals surface area contributed by atoms with E-state index in [2.05, 4.69) is 0 Å². The van der Waals surface area contributed by atoms with E-state index in [1.54, 1.807) is 12.1 Å². The molecule has 4 heteroatoms. The van der Waals surface area contributed by atoms with Gasteiger partial charge in [-0.15, -0.1) is 0 Å². The zero-order valence-corrected chi connectivity index (χ0v) is 9.43. The predicted molar refractivity (Wildman–Crippen MR) is 59.3 cm³/mol. The molecule has 4 nitrogen and oxygen atoms in total. The first kappa shape index (κ1) is 12.7. The molecule has 0 radical (unpaired) electrons. The third-order valence-electron chi connectivity index (χ3n) is 2.15. The summed E-state index contributed by atoms with van der Waals surface area (Å²) in [4.78, 5) is 11.0. The van der Waals surface area contributed by atoms with Crippen LogP contribution in [0.5, 0.6) is 0 Å². The lowest BCUT2D eigenvalue weighted by Crippen LogP contribution is -2.17. The molecule has 0 amide bonds. The van der Waals surface area contributed by atoms with Gasteiger partial charge in [-0.25, -0.2) is 4.79 Å². The minimum atomic E-state index is -1.04. The quantitative estimate of drug-likeness (QED) is 0.794. The van der Waals surface area contributed by atoms with Crippen LogP contribution < -0.4 is 0 Å². The number of benzene rings is 1. The molecule has 0 aliphatic heterocycles. The van der Waals surface area contributed by atoms with Crippen molar-refractivity contribution in [2.24, 2.45) is 0 Å². The molecule has 2 N–H and O–H groups in total. The summed E-state index contributed by atoms with van der Waals surface area (Å²) in [6, 6.07) is 5.53. The van der Waals surface area contributed by atoms with E-state index in [0.29, 0.717) is 5.56 Å². The van der Waals surface area contributed by atoms with Gasteiger partial charge in [0.05, 0.1) is 13.2 Å². The summed E-state index contributed by atoms with van der Waals surface area (Å²) in [5.74, 6) is -1.04. The Morgan fingerprint density at radius 1 is 1.31 bits per heavy atom. The van der Waals surface area contributed by atoms with Crippen LogP contribution in [0.3, 0.4) is 0 Å². The number of ether oxygens (including phenoxy) is 1. The Morgan fingerprint density at radius 3 is 2.31 bits per heavy atom. The molecule has 1 rings (SSSR count). The van der Waals surface area contributed by atoms with Gasteiger partial charge in [0.25, 0.3) is 0 Å². The maximum Gasteiger partial charge on any atom is 0.337 e. The molecule has 1 unspecified atom stereocenters. The van der Waals surface area contributed by atoms with E-state index in [1.807, 2.05) is 19.9 Å². The maximum atomic E-state index is 11.0. The fraction of sp³-hybridized carbons (Fsp3) is 0.417. The van der Waals surface area contributed by atoms with Crippen molar-refractivity contribution in [3.05, 3.63) is 34.9 Å². The fourth-order valence-electron chi connectivity index (χ4n) is 1.64. The molecule has 0 spiro atoms. The first-order valence-corrected chi connectivity index (χ1v) is 5.08. The summed E-state index contributed by atoms with van der Waals surface area (Å²) in [5.41, 5.74) is 2.60. The lowest BCUT2D eigenvalue weighted by molar-refractivity contribution is -0.151. The standard InChI is InChI=1S/C12H16O4/c1-8-5-9(2)7-10(6-8)11(12(14)15)16-4-3-13/h5-7,11,13H,3-4H2,1-2H3,(H,14,15). The average Bonchev–Trinajstić information content (AvgIpc) is 2.16. The molecule has 0 aromatic heterocycles. The molecule has 1 aromatic carbocycles. The van der Waals surface area contributed by atoms with Gasteiger partial charge in [0, 0.05) is 0 Å². The number of hydrogen-bond acceptors (Lipinski definition) is 3. The summed E-state index contributed by atoms with van der Waals surface area (Å²) in [5, 5.41) is 17.7. The minimum Gasteiger partial charge on any atom is -0.479 e. The number of hydrogen-bond donors (Lipinski definition) is 2. The Morgan fingerprint density at radius 2 is 1.88 bits per heavy atom. The van der Waals surface area contributed by atoms with Gasteiger partial charge >= 0.3 is 5.97 Å². The van der Waals surface area contributed by atoms with Crippen molar-refractivity contribution in [1.82, 2.24) is 0 Å². The second-order valence-electron chi connectivity index (χ2n) is 3.73. The highest BCUT2D eigenvalue weighted by molar-refractivity contribution is 5.74. The molecular formula is C12H16O4. The summed E-state index contributed by atoms with van der Waals surface area (Å²) in [7, 11) is 0. The highest BCUT2D eigenvalue weighted by atomic mass is 16.5. The van der Waals surface area contributed by atoms with Gasteiger partial charge in [0.15, 0.2) is 6.10 Å². The highest BCUT2D eigenvalue weighted by Crippen LogP contribution is 2.20. The molecular weight excluding hydrogens is 208 g/mol. The molecule has 1 atom stereocenters. The van der Waals surface area contributed by atoms with Crippen molar-refractivity contribution in [3.63, 3.8) is 0 Å². The summed E-state index contributed by atoms with van der Waals surface area (Å²) >= 11 is 0. The van der Waals surface area contributed by atoms with Crippen molar-refractivity contribution in [2.75, 3.05) is 13.2 Å². The van der Waals surface area contributed by atoms with E-state index in [4.69, 9.17) is 14.9 Å². The molecule has 0 saturated carbocycles. The number of carboxylic acid groups (broad SMARTS) is 1. The van der Waals surface area contributed by atoms with Crippen molar-refractivity contribution >= 4 is 5.97 Å². The Kier molecular flexibility index (Phi) is 4.46. The Labute approximate surface area is 94.5 Å². The predicted octanol–water partition coefficient (Wildman–Crippen LogP) is 1.44. The lowest BCUT2D eigenvalue weighted by Gasteiger charge is -2.14. The van der Waals surface area contributed by atoms with Gasteiger partial charge in [-0.1, -0.05) is 29.3 Å². The van der Waals surface area contributed by atoms with Gasteiger partial charge in [-0.3, -0.25) is 0 Å². The van der Waals surface area contributed by atoms with Gasteiger partial charge < -0.3 is 14.9 Å². The van der Waals surface area contributed by atoms with Crippen LogP contribution in [-0.2, 0) is 9.53 Å². The van der Waals surface area contributed by atoms with Gasteiger partial charge in [-0.2, -0.15) is 0 Å². The number of aliphatic hydroxyl groups is 1. The van der Waals surface area contributed by atoms with Crippen molar-refractivity contribution in [2.45, 2.75) is 20.0 Å². The Bertz CT molecular complexity index is 353. The molecule has 0 aliphatic carbocycles. The summed E-state index contributed by atoms with van der Waals surface area (Å²) < 4.78 is 5.10. The third kappa shape index (κ3) is 3.32. The normalized spacial score (nSPS) is 12.4. The van der Waals surface area contributed by atoms with Crippen LogP contribution in [0.4, 0.5) is 0 Å². The summed E-state index contributed by atoms with van der Waals surface area (Å²) in [6.07, 6.45) is -1.01. The number of aliphatic carboxylic acids is 1. The SMILES string of the molecule is Cc1cc(C)cc(C(OCCO)C(=O)O)c1. The second kappa shape index (κ2) is 5.63. The molecule has 0 heterocycles. The molecule has 0 fully saturated rings. The molecule has 0 aliphatic rings. The van der Waals surface area contributed by atoms with Crippen LogP contribution in [0.1, 0.15) is 22.8 Å². The van der Waals surface area contributed by atoms with E-state index in [0.717, 1.165) is 11.1 Å². The first-order valence-electron chi connectivity index (χ1n) is 5.08. The zero-order chi connectivity index (χ0) is 12.1. The average molecular weight is 224 g/mol. The van der Waals surface area contributed by atoms with Gasteiger partial charge in [0.2, 0.25) is 0 Å². The number of carbonyl (C=O) groups is 1. The van der Waals surface area contributed by atoms with E-state index >= 15 is 0 Å². The third-order valence-corrected chi connectivity index (χ3v) is 2.15. The van der Waals surface area contributed by atoms with Gasteiger partial charge in [-0.05, 0) is 19.4 Å². The minimum absolute atomic E-state index is 0.0178. The highest BCUT2D eigenvalue weighted by Gasteiger charge is 2.20. The van der Waals surface area contributed by atoms with E-state index < -0.39 is 12.1 Å². The number of aryl methyl sites for hydroxylation is 2. The number of rotatable bonds is 5.